The number of anilines is 1. The van der Waals surface area contributed by atoms with Crippen molar-refractivity contribution in [1.82, 2.24) is 0 Å². The number of halogens is 2. The molecule has 1 heterocycles. The summed E-state index contributed by atoms with van der Waals surface area (Å²) in [5.74, 6) is -0.635. The van der Waals surface area contributed by atoms with Gasteiger partial charge in [0.1, 0.15) is 11.6 Å². The van der Waals surface area contributed by atoms with E-state index in [2.05, 4.69) is 5.10 Å². The van der Waals surface area contributed by atoms with E-state index in [-0.39, 0.29) is 22.6 Å². The van der Waals surface area contributed by atoms with E-state index in [9.17, 15) is 17.2 Å². The molecule has 5 nitrogen and oxygen atoms in total. The molecule has 0 saturated heterocycles. The second-order valence-electron chi connectivity index (χ2n) is 7.13. The molecule has 31 heavy (non-hydrogen) atoms. The van der Waals surface area contributed by atoms with E-state index in [4.69, 9.17) is 5.14 Å². The number of hydrazone groups is 1. The summed E-state index contributed by atoms with van der Waals surface area (Å²) in [5.41, 5.74) is 3.14. The molecule has 1 aliphatic rings. The molecule has 0 aliphatic carbocycles. The van der Waals surface area contributed by atoms with Crippen LogP contribution in [-0.2, 0) is 10.0 Å². The fraction of sp³-hybridized carbons (Fsp3) is 0.0870. The fourth-order valence-electron chi connectivity index (χ4n) is 3.37. The van der Waals surface area contributed by atoms with Crippen molar-refractivity contribution in [3.05, 3.63) is 102 Å². The standard InChI is InChI=1S/C23H19F2N3O2S/c24-18-6-1-16(2-7-18)3-10-20-15-23(17-4-8-19(25)9-5-17)28(27-20)21-11-13-22(14-12-21)31(26,29)30/h1-14,23H,15H2,(H2,26,29,30). The van der Waals surface area contributed by atoms with E-state index in [1.165, 1.54) is 36.4 Å². The van der Waals surface area contributed by atoms with Crippen molar-refractivity contribution >= 4 is 27.5 Å². The first-order valence-electron chi connectivity index (χ1n) is 9.48. The molecule has 3 aromatic carbocycles. The number of nitrogens with two attached hydrogens (primary N) is 1. The van der Waals surface area contributed by atoms with Gasteiger partial charge in [0.2, 0.25) is 10.0 Å². The van der Waals surface area contributed by atoms with E-state index in [0.29, 0.717) is 12.1 Å². The van der Waals surface area contributed by atoms with Crippen molar-refractivity contribution in [1.29, 1.82) is 0 Å². The number of primary sulfonamides is 1. The Morgan fingerprint density at radius 2 is 1.45 bits per heavy atom. The first kappa shape index (κ1) is 20.9. The van der Waals surface area contributed by atoms with Crippen LogP contribution in [0.1, 0.15) is 23.6 Å². The van der Waals surface area contributed by atoms with E-state index in [0.717, 1.165) is 16.8 Å². The molecule has 1 aliphatic heterocycles. The third kappa shape index (κ3) is 4.87. The second kappa shape index (κ2) is 8.41. The number of hydrogen-bond acceptors (Lipinski definition) is 4. The van der Waals surface area contributed by atoms with E-state index in [1.807, 2.05) is 12.2 Å². The number of nitrogens with zero attached hydrogens (tertiary/aromatic N) is 2. The Hall–Kier alpha value is -3.36. The monoisotopic (exact) mass is 439 g/mol. The van der Waals surface area contributed by atoms with Crippen LogP contribution in [0.3, 0.4) is 0 Å². The van der Waals surface area contributed by atoms with Gasteiger partial charge in [-0.2, -0.15) is 5.10 Å². The normalized spacial score (nSPS) is 16.7. The predicted molar refractivity (Wildman–Crippen MR) is 117 cm³/mol. The van der Waals surface area contributed by atoms with E-state index in [1.54, 1.807) is 41.4 Å². The van der Waals surface area contributed by atoms with Gasteiger partial charge in [-0.1, -0.05) is 30.3 Å². The highest BCUT2D eigenvalue weighted by Gasteiger charge is 2.28. The molecule has 158 valence electrons. The minimum atomic E-state index is -3.80. The number of allylic oxidation sites excluding steroid dienone is 1. The highest BCUT2D eigenvalue weighted by atomic mass is 32.2. The van der Waals surface area contributed by atoms with Gasteiger partial charge in [0.25, 0.3) is 0 Å². The lowest BCUT2D eigenvalue weighted by Gasteiger charge is -2.24. The van der Waals surface area contributed by atoms with Crippen molar-refractivity contribution in [2.45, 2.75) is 17.4 Å². The summed E-state index contributed by atoms with van der Waals surface area (Å²) in [7, 11) is -3.80. The Balaban J connectivity index is 1.66. The van der Waals surface area contributed by atoms with Crippen LogP contribution in [-0.4, -0.2) is 14.1 Å². The Morgan fingerprint density at radius 1 is 0.871 bits per heavy atom. The van der Waals surface area contributed by atoms with Crippen LogP contribution in [0.5, 0.6) is 0 Å². The first-order valence-corrected chi connectivity index (χ1v) is 11.0. The lowest BCUT2D eigenvalue weighted by atomic mass is 10.0. The molecule has 2 N–H and O–H groups in total. The largest absolute Gasteiger partial charge is 0.257 e. The molecule has 4 rings (SSSR count). The van der Waals surface area contributed by atoms with Crippen LogP contribution >= 0.6 is 0 Å². The van der Waals surface area contributed by atoms with Crippen molar-refractivity contribution in [3.63, 3.8) is 0 Å². The average Bonchev–Trinajstić information content (AvgIpc) is 3.18. The van der Waals surface area contributed by atoms with Crippen molar-refractivity contribution in [2.24, 2.45) is 10.2 Å². The van der Waals surface area contributed by atoms with Crippen LogP contribution in [0.4, 0.5) is 14.5 Å². The molecule has 1 atom stereocenters. The molecular weight excluding hydrogens is 420 g/mol. The molecule has 1 unspecified atom stereocenters. The Kier molecular flexibility index (Phi) is 5.67. The van der Waals surface area contributed by atoms with Gasteiger partial charge in [-0.05, 0) is 65.7 Å². The average molecular weight is 439 g/mol. The molecule has 8 heteroatoms. The van der Waals surface area contributed by atoms with Crippen LogP contribution in [0.15, 0.2) is 88.9 Å². The summed E-state index contributed by atoms with van der Waals surface area (Å²) < 4.78 is 49.6. The molecule has 0 fully saturated rings. The molecule has 0 spiro atoms. The minimum absolute atomic E-state index is 0.00851. The van der Waals surface area contributed by atoms with Gasteiger partial charge < -0.3 is 0 Å². The number of hydrogen-bond donors (Lipinski definition) is 1. The number of rotatable bonds is 5. The lowest BCUT2D eigenvalue weighted by Crippen LogP contribution is -2.19. The van der Waals surface area contributed by atoms with E-state index < -0.39 is 10.0 Å². The maximum absolute atomic E-state index is 13.4. The Morgan fingerprint density at radius 3 is 2.03 bits per heavy atom. The van der Waals surface area contributed by atoms with Gasteiger partial charge in [-0.15, -0.1) is 0 Å². The molecule has 0 saturated carbocycles. The SMILES string of the molecule is NS(=O)(=O)c1ccc(N2N=C(C=Cc3ccc(F)cc3)CC2c2ccc(F)cc2)cc1. The van der Waals surface area contributed by atoms with Crippen LogP contribution in [0, 0.1) is 11.6 Å². The summed E-state index contributed by atoms with van der Waals surface area (Å²) in [6, 6.07) is 18.2. The first-order chi connectivity index (χ1) is 14.8. The summed E-state index contributed by atoms with van der Waals surface area (Å²) in [5, 5.41) is 11.6. The smallest absolute Gasteiger partial charge is 0.238 e. The Bertz CT molecular complexity index is 1240. The Labute approximate surface area is 179 Å². The zero-order valence-corrected chi connectivity index (χ0v) is 17.1. The van der Waals surface area contributed by atoms with Gasteiger partial charge in [-0.25, -0.2) is 22.3 Å². The highest BCUT2D eigenvalue weighted by Crippen LogP contribution is 2.36. The van der Waals surface area contributed by atoms with Crippen molar-refractivity contribution in [3.8, 4) is 0 Å². The molecular formula is C23H19F2N3O2S. The summed E-state index contributed by atoms with van der Waals surface area (Å²) in [6.07, 6.45) is 4.25. The molecule has 0 radical (unpaired) electrons. The van der Waals surface area contributed by atoms with Crippen molar-refractivity contribution < 1.29 is 17.2 Å². The third-order valence-corrected chi connectivity index (χ3v) is 5.89. The lowest BCUT2D eigenvalue weighted by molar-refractivity contribution is 0.597. The van der Waals surface area contributed by atoms with Crippen molar-refractivity contribution in [2.75, 3.05) is 5.01 Å². The number of benzene rings is 3. The van der Waals surface area contributed by atoms with Crippen LogP contribution < -0.4 is 10.1 Å². The molecule has 0 aromatic heterocycles. The summed E-state index contributed by atoms with van der Waals surface area (Å²) >= 11 is 0. The summed E-state index contributed by atoms with van der Waals surface area (Å²) in [6.45, 7) is 0. The maximum Gasteiger partial charge on any atom is 0.238 e. The van der Waals surface area contributed by atoms with Gasteiger partial charge in [0.05, 0.1) is 22.3 Å². The zero-order valence-electron chi connectivity index (χ0n) is 16.3. The summed E-state index contributed by atoms with van der Waals surface area (Å²) in [4.78, 5) is 0.00851. The van der Waals surface area contributed by atoms with Gasteiger partial charge in [-0.3, -0.25) is 5.01 Å². The van der Waals surface area contributed by atoms with Crippen LogP contribution in [0.2, 0.25) is 0 Å². The van der Waals surface area contributed by atoms with Gasteiger partial charge in [0, 0.05) is 6.42 Å². The highest BCUT2D eigenvalue weighted by molar-refractivity contribution is 7.89. The molecule has 0 bridgehead atoms. The predicted octanol–water partition coefficient (Wildman–Crippen LogP) is 4.63. The third-order valence-electron chi connectivity index (χ3n) is 4.96. The molecule has 3 aromatic rings. The number of sulfonamides is 1. The minimum Gasteiger partial charge on any atom is -0.257 e. The van der Waals surface area contributed by atoms with E-state index >= 15 is 0 Å². The van der Waals surface area contributed by atoms with Crippen LogP contribution in [0.25, 0.3) is 6.08 Å². The van der Waals surface area contributed by atoms with Gasteiger partial charge in [0.15, 0.2) is 0 Å². The molecule has 0 amide bonds. The zero-order chi connectivity index (χ0) is 22.0. The van der Waals surface area contributed by atoms with Gasteiger partial charge >= 0.3 is 0 Å². The quantitative estimate of drug-likeness (QED) is 0.630. The fourth-order valence-corrected chi connectivity index (χ4v) is 3.89. The maximum atomic E-state index is 13.4. The second-order valence-corrected chi connectivity index (χ2v) is 8.69. The topological polar surface area (TPSA) is 75.8 Å².